The summed E-state index contributed by atoms with van der Waals surface area (Å²) in [4.78, 5) is 6.68. The zero-order valence-electron chi connectivity index (χ0n) is 14.1. The first-order chi connectivity index (χ1) is 12.6. The summed E-state index contributed by atoms with van der Waals surface area (Å²) in [6.07, 6.45) is 3.37. The van der Waals surface area contributed by atoms with E-state index in [1.54, 1.807) is 6.20 Å². The SMILES string of the molecule is NC1(c2ccccc2)CCN(c2cc(-c3ccn[nH]3)c(Cl)c(Cl)n2)CC1. The van der Waals surface area contributed by atoms with Gasteiger partial charge in [0.1, 0.15) is 5.82 Å². The van der Waals surface area contributed by atoms with Crippen LogP contribution in [0.3, 0.4) is 0 Å². The van der Waals surface area contributed by atoms with Gasteiger partial charge < -0.3 is 10.6 Å². The molecular formula is C19H19Cl2N5. The Hall–Kier alpha value is -2.08. The van der Waals surface area contributed by atoms with Crippen molar-refractivity contribution in [3.8, 4) is 11.3 Å². The van der Waals surface area contributed by atoms with Crippen molar-refractivity contribution < 1.29 is 0 Å². The third-order valence-corrected chi connectivity index (χ3v) is 5.78. The molecule has 134 valence electrons. The Kier molecular flexibility index (Phi) is 4.61. The molecule has 1 aliphatic rings. The van der Waals surface area contributed by atoms with E-state index in [1.807, 2.05) is 30.3 Å². The number of aromatic nitrogens is 3. The second-order valence-electron chi connectivity index (χ2n) is 6.61. The van der Waals surface area contributed by atoms with Gasteiger partial charge in [-0.3, -0.25) is 5.10 Å². The van der Waals surface area contributed by atoms with E-state index in [0.29, 0.717) is 10.2 Å². The fourth-order valence-electron chi connectivity index (χ4n) is 3.44. The number of nitrogens with zero attached hydrogens (tertiary/aromatic N) is 3. The zero-order chi connectivity index (χ0) is 18.1. The summed E-state index contributed by atoms with van der Waals surface area (Å²) in [6.45, 7) is 1.61. The largest absolute Gasteiger partial charge is 0.356 e. The highest BCUT2D eigenvalue weighted by molar-refractivity contribution is 6.43. The minimum Gasteiger partial charge on any atom is -0.356 e. The van der Waals surface area contributed by atoms with E-state index in [9.17, 15) is 0 Å². The smallest absolute Gasteiger partial charge is 0.150 e. The fourth-order valence-corrected chi connectivity index (χ4v) is 3.83. The molecule has 0 radical (unpaired) electrons. The number of rotatable bonds is 3. The molecule has 3 N–H and O–H groups in total. The van der Waals surface area contributed by atoms with E-state index < -0.39 is 0 Å². The molecule has 1 fully saturated rings. The van der Waals surface area contributed by atoms with Crippen molar-refractivity contribution in [2.45, 2.75) is 18.4 Å². The Bertz CT molecular complexity index is 888. The summed E-state index contributed by atoms with van der Waals surface area (Å²) in [6, 6.07) is 14.1. The van der Waals surface area contributed by atoms with E-state index >= 15 is 0 Å². The molecule has 4 rings (SSSR count). The molecule has 0 saturated carbocycles. The topological polar surface area (TPSA) is 70.8 Å². The summed E-state index contributed by atoms with van der Waals surface area (Å²) in [5, 5.41) is 7.63. The molecule has 5 nitrogen and oxygen atoms in total. The number of piperidine rings is 1. The predicted octanol–water partition coefficient (Wildman–Crippen LogP) is 4.23. The first-order valence-electron chi connectivity index (χ1n) is 8.52. The Balaban J connectivity index is 1.59. The van der Waals surface area contributed by atoms with Gasteiger partial charge in [-0.05, 0) is 30.5 Å². The van der Waals surface area contributed by atoms with Crippen molar-refractivity contribution in [3.63, 3.8) is 0 Å². The van der Waals surface area contributed by atoms with Crippen LogP contribution in [-0.4, -0.2) is 28.3 Å². The minimum atomic E-state index is -0.305. The van der Waals surface area contributed by atoms with Crippen LogP contribution in [0.5, 0.6) is 0 Å². The highest BCUT2D eigenvalue weighted by Gasteiger charge is 2.33. The van der Waals surface area contributed by atoms with E-state index in [2.05, 4.69) is 32.2 Å². The average Bonchev–Trinajstić information content (AvgIpc) is 3.20. The van der Waals surface area contributed by atoms with Crippen LogP contribution in [0.4, 0.5) is 5.82 Å². The number of hydrogen-bond acceptors (Lipinski definition) is 4. The summed E-state index contributed by atoms with van der Waals surface area (Å²) in [7, 11) is 0. The Morgan fingerprint density at radius 3 is 2.46 bits per heavy atom. The first kappa shape index (κ1) is 17.3. The number of benzene rings is 1. The summed E-state index contributed by atoms with van der Waals surface area (Å²) in [5.74, 6) is 0.805. The van der Waals surface area contributed by atoms with Crippen molar-refractivity contribution >= 4 is 29.0 Å². The molecular weight excluding hydrogens is 369 g/mol. The first-order valence-corrected chi connectivity index (χ1v) is 9.27. The number of anilines is 1. The normalized spacial score (nSPS) is 16.7. The maximum absolute atomic E-state index is 6.67. The van der Waals surface area contributed by atoms with Gasteiger partial charge in [0.15, 0.2) is 5.15 Å². The Morgan fingerprint density at radius 1 is 1.08 bits per heavy atom. The third-order valence-electron chi connectivity index (χ3n) is 5.02. The van der Waals surface area contributed by atoms with Gasteiger partial charge >= 0.3 is 0 Å². The van der Waals surface area contributed by atoms with Crippen molar-refractivity contribution in [2.24, 2.45) is 5.73 Å². The van der Waals surface area contributed by atoms with Gasteiger partial charge in [-0.1, -0.05) is 53.5 Å². The number of nitrogens with two attached hydrogens (primary N) is 1. The van der Waals surface area contributed by atoms with Crippen LogP contribution in [0.1, 0.15) is 18.4 Å². The molecule has 1 saturated heterocycles. The number of halogens is 2. The van der Waals surface area contributed by atoms with Crippen molar-refractivity contribution in [1.29, 1.82) is 0 Å². The quantitative estimate of drug-likeness (QED) is 0.659. The van der Waals surface area contributed by atoms with Crippen LogP contribution < -0.4 is 10.6 Å². The van der Waals surface area contributed by atoms with Gasteiger partial charge in [0.25, 0.3) is 0 Å². The van der Waals surface area contributed by atoms with Crippen LogP contribution in [-0.2, 0) is 5.54 Å². The van der Waals surface area contributed by atoms with E-state index in [4.69, 9.17) is 28.9 Å². The fraction of sp³-hybridized carbons (Fsp3) is 0.263. The van der Waals surface area contributed by atoms with Crippen molar-refractivity contribution in [3.05, 3.63) is 64.4 Å². The molecule has 0 atom stereocenters. The molecule has 1 aliphatic heterocycles. The molecule has 26 heavy (non-hydrogen) atoms. The van der Waals surface area contributed by atoms with Crippen LogP contribution in [0.15, 0.2) is 48.7 Å². The lowest BCUT2D eigenvalue weighted by atomic mass is 9.82. The third kappa shape index (κ3) is 3.18. The molecule has 3 heterocycles. The summed E-state index contributed by atoms with van der Waals surface area (Å²) >= 11 is 12.6. The number of hydrogen-bond donors (Lipinski definition) is 2. The Morgan fingerprint density at radius 2 is 1.81 bits per heavy atom. The second-order valence-corrected chi connectivity index (χ2v) is 7.35. The minimum absolute atomic E-state index is 0.293. The molecule has 0 aliphatic carbocycles. The molecule has 0 amide bonds. The van der Waals surface area contributed by atoms with Gasteiger partial charge in [0, 0.05) is 30.4 Å². The van der Waals surface area contributed by atoms with E-state index in [-0.39, 0.29) is 5.54 Å². The lowest BCUT2D eigenvalue weighted by Gasteiger charge is -2.40. The van der Waals surface area contributed by atoms with Crippen LogP contribution in [0.2, 0.25) is 10.2 Å². The monoisotopic (exact) mass is 387 g/mol. The van der Waals surface area contributed by atoms with Crippen molar-refractivity contribution in [2.75, 3.05) is 18.0 Å². The molecule has 1 aromatic carbocycles. The summed E-state index contributed by atoms with van der Waals surface area (Å²) in [5.41, 5.74) is 9.16. The lowest BCUT2D eigenvalue weighted by molar-refractivity contribution is 0.341. The van der Waals surface area contributed by atoms with E-state index in [1.165, 1.54) is 5.56 Å². The molecule has 3 aromatic rings. The predicted molar refractivity (Wildman–Crippen MR) is 106 cm³/mol. The standard InChI is InChI=1S/C19H19Cl2N5/c20-17-14(15-6-9-23-25-15)12-16(24-18(17)21)26-10-7-19(22,8-11-26)13-4-2-1-3-5-13/h1-6,9,12H,7-8,10-11,22H2,(H,23,25). The van der Waals surface area contributed by atoms with Crippen molar-refractivity contribution in [1.82, 2.24) is 15.2 Å². The Labute approximate surface area is 162 Å². The zero-order valence-corrected chi connectivity index (χ0v) is 15.6. The van der Waals surface area contributed by atoms with Crippen LogP contribution >= 0.6 is 23.2 Å². The van der Waals surface area contributed by atoms with E-state index in [0.717, 1.165) is 43.0 Å². The van der Waals surface area contributed by atoms with Gasteiger partial charge in [-0.15, -0.1) is 0 Å². The molecule has 0 spiro atoms. The maximum Gasteiger partial charge on any atom is 0.150 e. The summed E-state index contributed by atoms with van der Waals surface area (Å²) < 4.78 is 0. The van der Waals surface area contributed by atoms with Crippen LogP contribution in [0, 0.1) is 0 Å². The lowest BCUT2D eigenvalue weighted by Crippen LogP contribution is -2.48. The van der Waals surface area contributed by atoms with Gasteiger partial charge in [-0.2, -0.15) is 5.10 Å². The molecule has 2 aromatic heterocycles. The number of aromatic amines is 1. The van der Waals surface area contributed by atoms with Gasteiger partial charge in [0.2, 0.25) is 0 Å². The molecule has 0 unspecified atom stereocenters. The van der Waals surface area contributed by atoms with Gasteiger partial charge in [-0.25, -0.2) is 4.98 Å². The molecule has 7 heteroatoms. The average molecular weight is 388 g/mol. The maximum atomic E-state index is 6.67. The number of nitrogens with one attached hydrogen (secondary N) is 1. The molecule has 0 bridgehead atoms. The second kappa shape index (κ2) is 6.91. The van der Waals surface area contributed by atoms with Gasteiger partial charge in [0.05, 0.1) is 10.7 Å². The number of pyridine rings is 1. The highest BCUT2D eigenvalue weighted by Crippen LogP contribution is 2.37. The number of H-pyrrole nitrogens is 1. The highest BCUT2D eigenvalue weighted by atomic mass is 35.5. The van der Waals surface area contributed by atoms with Crippen LogP contribution in [0.25, 0.3) is 11.3 Å².